The van der Waals surface area contributed by atoms with Crippen LogP contribution >= 0.6 is 0 Å². The molecule has 0 saturated carbocycles. The molecule has 1 rings (SSSR count). The van der Waals surface area contributed by atoms with Crippen molar-refractivity contribution in [3.05, 3.63) is 12.3 Å². The SMILES string of the molecule is FC1CC=CO1. The minimum Gasteiger partial charge on any atom is -0.468 e. The Hall–Kier alpha value is -0.530. The van der Waals surface area contributed by atoms with Gasteiger partial charge in [0, 0.05) is 6.42 Å². The fourth-order valence-electron chi connectivity index (χ4n) is 0.359. The van der Waals surface area contributed by atoms with Gasteiger partial charge in [-0.05, 0) is 6.08 Å². The summed E-state index contributed by atoms with van der Waals surface area (Å²) in [4.78, 5) is 0. The van der Waals surface area contributed by atoms with Gasteiger partial charge in [-0.1, -0.05) is 0 Å². The highest BCUT2D eigenvalue weighted by Gasteiger charge is 2.05. The highest BCUT2D eigenvalue weighted by molar-refractivity contribution is 4.81. The van der Waals surface area contributed by atoms with E-state index in [0.29, 0.717) is 6.42 Å². The van der Waals surface area contributed by atoms with Crippen LogP contribution in [0, 0.1) is 0 Å². The molecule has 2 heteroatoms. The number of hydrogen-bond donors (Lipinski definition) is 0. The molecule has 1 aliphatic heterocycles. The van der Waals surface area contributed by atoms with Gasteiger partial charge in [0.25, 0.3) is 0 Å². The van der Waals surface area contributed by atoms with Crippen LogP contribution in [0.5, 0.6) is 0 Å². The van der Waals surface area contributed by atoms with E-state index < -0.39 is 6.36 Å². The van der Waals surface area contributed by atoms with Gasteiger partial charge in [0.2, 0.25) is 6.36 Å². The third-order valence-corrected chi connectivity index (χ3v) is 0.644. The minimum absolute atomic E-state index is 0.417. The molecule has 1 unspecified atom stereocenters. The monoisotopic (exact) mass is 88.0 g/mol. The van der Waals surface area contributed by atoms with Gasteiger partial charge in [-0.2, -0.15) is 0 Å². The molecular formula is C4H5FO. The van der Waals surface area contributed by atoms with Gasteiger partial charge in [0.15, 0.2) is 0 Å². The van der Waals surface area contributed by atoms with Crippen molar-refractivity contribution >= 4 is 0 Å². The van der Waals surface area contributed by atoms with E-state index in [9.17, 15) is 4.39 Å². The lowest BCUT2D eigenvalue weighted by atomic mass is 10.5. The van der Waals surface area contributed by atoms with Gasteiger partial charge in [0.1, 0.15) is 0 Å². The molecule has 0 bridgehead atoms. The molecule has 0 saturated heterocycles. The predicted molar refractivity (Wildman–Crippen MR) is 19.7 cm³/mol. The summed E-state index contributed by atoms with van der Waals surface area (Å²) >= 11 is 0. The quantitative estimate of drug-likeness (QED) is 0.432. The van der Waals surface area contributed by atoms with E-state index in [4.69, 9.17) is 0 Å². The highest BCUT2D eigenvalue weighted by atomic mass is 19.1. The zero-order valence-electron chi connectivity index (χ0n) is 3.23. The molecule has 1 nitrogen and oxygen atoms in total. The van der Waals surface area contributed by atoms with Crippen LogP contribution in [0.3, 0.4) is 0 Å². The Morgan fingerprint density at radius 3 is 2.83 bits per heavy atom. The molecule has 1 atom stereocenters. The van der Waals surface area contributed by atoms with Crippen molar-refractivity contribution in [2.75, 3.05) is 0 Å². The topological polar surface area (TPSA) is 9.23 Å². The molecule has 1 aliphatic rings. The zero-order valence-corrected chi connectivity index (χ0v) is 3.23. The Balaban J connectivity index is 2.32. The molecule has 0 aliphatic carbocycles. The normalized spacial score (nSPS) is 30.5. The number of halogens is 1. The summed E-state index contributed by atoms with van der Waals surface area (Å²) < 4.78 is 15.9. The third-order valence-electron chi connectivity index (χ3n) is 0.644. The van der Waals surface area contributed by atoms with Crippen LogP contribution < -0.4 is 0 Å². The van der Waals surface area contributed by atoms with Crippen molar-refractivity contribution in [2.24, 2.45) is 0 Å². The average Bonchev–Trinajstić information content (AvgIpc) is 1.86. The first-order valence-electron chi connectivity index (χ1n) is 1.84. The number of rotatable bonds is 0. The van der Waals surface area contributed by atoms with Gasteiger partial charge in [-0.15, -0.1) is 0 Å². The predicted octanol–water partition coefficient (Wildman–Crippen LogP) is 1.22. The van der Waals surface area contributed by atoms with Gasteiger partial charge in [-0.3, -0.25) is 0 Å². The van der Waals surface area contributed by atoms with Crippen LogP contribution in [0.15, 0.2) is 12.3 Å². The van der Waals surface area contributed by atoms with Gasteiger partial charge in [0.05, 0.1) is 6.26 Å². The zero-order chi connectivity index (χ0) is 4.41. The summed E-state index contributed by atoms with van der Waals surface area (Å²) in [5.41, 5.74) is 0. The van der Waals surface area contributed by atoms with Crippen LogP contribution in [0.4, 0.5) is 4.39 Å². The largest absolute Gasteiger partial charge is 0.468 e. The van der Waals surface area contributed by atoms with Gasteiger partial charge >= 0.3 is 0 Å². The molecule has 0 aromatic carbocycles. The standard InChI is InChI=1S/C4H5FO/c5-4-2-1-3-6-4/h1,3-4H,2H2. The Bertz CT molecular complexity index is 61.9. The fourth-order valence-corrected chi connectivity index (χ4v) is 0.359. The van der Waals surface area contributed by atoms with Crippen LogP contribution in [0.1, 0.15) is 6.42 Å². The summed E-state index contributed by atoms with van der Waals surface area (Å²) in [5.74, 6) is 0. The van der Waals surface area contributed by atoms with Crippen LogP contribution in [0.25, 0.3) is 0 Å². The summed E-state index contributed by atoms with van der Waals surface area (Å²) in [6.07, 6.45) is 2.39. The second-order valence-electron chi connectivity index (χ2n) is 1.15. The molecule has 0 aromatic rings. The van der Waals surface area contributed by atoms with Crippen LogP contribution in [0.2, 0.25) is 0 Å². The second-order valence-corrected chi connectivity index (χ2v) is 1.15. The number of ether oxygens (including phenoxy) is 1. The molecule has 0 fully saturated rings. The maximum atomic E-state index is 11.6. The summed E-state index contributed by atoms with van der Waals surface area (Å²) in [6, 6.07) is 0. The molecule has 1 heterocycles. The first kappa shape index (κ1) is 3.65. The first-order chi connectivity index (χ1) is 2.89. The smallest absolute Gasteiger partial charge is 0.241 e. The maximum absolute atomic E-state index is 11.6. The maximum Gasteiger partial charge on any atom is 0.241 e. The van der Waals surface area contributed by atoms with E-state index >= 15 is 0 Å². The number of alkyl halides is 1. The lowest BCUT2D eigenvalue weighted by Crippen LogP contribution is -1.91. The fraction of sp³-hybridized carbons (Fsp3) is 0.500. The summed E-state index contributed by atoms with van der Waals surface area (Å²) in [5, 5.41) is 0. The summed E-state index contributed by atoms with van der Waals surface area (Å²) in [6.45, 7) is 0. The second kappa shape index (κ2) is 1.29. The molecule has 0 N–H and O–H groups in total. The van der Waals surface area contributed by atoms with Crippen molar-refractivity contribution in [3.63, 3.8) is 0 Å². The molecule has 0 aromatic heterocycles. The lowest BCUT2D eigenvalue weighted by molar-refractivity contribution is 0.0464. The van der Waals surface area contributed by atoms with E-state index in [0.717, 1.165) is 0 Å². The van der Waals surface area contributed by atoms with E-state index in [1.165, 1.54) is 6.26 Å². The molecule has 34 valence electrons. The van der Waals surface area contributed by atoms with E-state index in [1.807, 2.05) is 0 Å². The Kier molecular flexibility index (Phi) is 0.783. The summed E-state index contributed by atoms with van der Waals surface area (Å²) in [7, 11) is 0. The van der Waals surface area contributed by atoms with E-state index in [1.54, 1.807) is 6.08 Å². The molecule has 0 amide bonds. The van der Waals surface area contributed by atoms with Crippen molar-refractivity contribution in [3.8, 4) is 0 Å². The van der Waals surface area contributed by atoms with Gasteiger partial charge in [-0.25, -0.2) is 4.39 Å². The van der Waals surface area contributed by atoms with E-state index in [-0.39, 0.29) is 0 Å². The molecule has 0 radical (unpaired) electrons. The Labute approximate surface area is 35.4 Å². The minimum atomic E-state index is -1.06. The Morgan fingerprint density at radius 1 is 1.83 bits per heavy atom. The van der Waals surface area contributed by atoms with Crippen LogP contribution in [-0.2, 0) is 4.74 Å². The lowest BCUT2D eigenvalue weighted by Gasteiger charge is -1.92. The average molecular weight is 88.1 g/mol. The Morgan fingerprint density at radius 2 is 2.67 bits per heavy atom. The number of hydrogen-bond acceptors (Lipinski definition) is 1. The molecular weight excluding hydrogens is 83.0 g/mol. The molecule has 0 spiro atoms. The van der Waals surface area contributed by atoms with Crippen molar-refractivity contribution < 1.29 is 9.13 Å². The van der Waals surface area contributed by atoms with E-state index in [2.05, 4.69) is 4.74 Å². The van der Waals surface area contributed by atoms with Crippen molar-refractivity contribution in [1.82, 2.24) is 0 Å². The first-order valence-corrected chi connectivity index (χ1v) is 1.84. The van der Waals surface area contributed by atoms with Crippen LogP contribution in [-0.4, -0.2) is 6.36 Å². The van der Waals surface area contributed by atoms with Crippen molar-refractivity contribution in [2.45, 2.75) is 12.8 Å². The van der Waals surface area contributed by atoms with Gasteiger partial charge < -0.3 is 4.74 Å². The molecule has 6 heavy (non-hydrogen) atoms. The highest BCUT2D eigenvalue weighted by Crippen LogP contribution is 2.07. The third kappa shape index (κ3) is 0.506. The van der Waals surface area contributed by atoms with Crippen molar-refractivity contribution in [1.29, 1.82) is 0 Å².